The minimum absolute atomic E-state index is 0.496. The van der Waals surface area contributed by atoms with E-state index in [2.05, 4.69) is 13.0 Å². The maximum Gasteiger partial charge on any atom is 0.157 e. The normalized spacial score (nSPS) is 29.0. The zero-order valence-electron chi connectivity index (χ0n) is 6.67. The Hall–Kier alpha value is -0.920. The molecule has 0 aromatic carbocycles. The Kier molecular flexibility index (Phi) is 1.60. The van der Waals surface area contributed by atoms with Crippen molar-refractivity contribution in [2.75, 3.05) is 13.2 Å². The second kappa shape index (κ2) is 2.61. The fourth-order valence-electron chi connectivity index (χ4n) is 1.45. The minimum Gasteiger partial charge on any atom is -0.490 e. The van der Waals surface area contributed by atoms with Crippen molar-refractivity contribution >= 4 is 0 Å². The van der Waals surface area contributed by atoms with Gasteiger partial charge in [0.2, 0.25) is 0 Å². The van der Waals surface area contributed by atoms with E-state index in [1.165, 1.54) is 0 Å². The van der Waals surface area contributed by atoms with Crippen LogP contribution in [0, 0.1) is 5.92 Å². The first kappa shape index (κ1) is 6.77. The molecule has 0 radical (unpaired) electrons. The van der Waals surface area contributed by atoms with Gasteiger partial charge in [-0.05, 0) is 12.5 Å². The Morgan fingerprint density at radius 3 is 3.00 bits per heavy atom. The highest BCUT2D eigenvalue weighted by Gasteiger charge is 2.21. The molecule has 0 saturated heterocycles. The van der Waals surface area contributed by atoms with Crippen LogP contribution in [0.5, 0.6) is 0 Å². The van der Waals surface area contributed by atoms with Crippen LogP contribution in [0.3, 0.4) is 0 Å². The van der Waals surface area contributed by atoms with Crippen LogP contribution in [0.1, 0.15) is 13.3 Å². The summed E-state index contributed by atoms with van der Waals surface area (Å²) in [4.78, 5) is 0. The van der Waals surface area contributed by atoms with Crippen molar-refractivity contribution in [3.63, 3.8) is 0 Å². The molecule has 1 atom stereocenters. The second-order valence-corrected chi connectivity index (χ2v) is 2.96. The van der Waals surface area contributed by atoms with Gasteiger partial charge in [-0.15, -0.1) is 0 Å². The molecular weight excluding hydrogens is 140 g/mol. The van der Waals surface area contributed by atoms with E-state index >= 15 is 0 Å². The molecule has 0 aromatic heterocycles. The van der Waals surface area contributed by atoms with E-state index in [1.807, 2.05) is 6.08 Å². The maximum absolute atomic E-state index is 5.50. The molecule has 0 spiro atoms. The lowest BCUT2D eigenvalue weighted by atomic mass is 9.99. The van der Waals surface area contributed by atoms with Gasteiger partial charge in [-0.1, -0.05) is 13.0 Å². The van der Waals surface area contributed by atoms with Crippen molar-refractivity contribution in [1.29, 1.82) is 0 Å². The standard InChI is InChI=1S/C9H12O2/c1-7-3-2-4-8-9(7)11-6-5-10-8/h2,4,7H,3,5-6H2,1H3. The molecule has 0 saturated carbocycles. The Morgan fingerprint density at radius 2 is 2.18 bits per heavy atom. The summed E-state index contributed by atoms with van der Waals surface area (Å²) in [6, 6.07) is 0. The van der Waals surface area contributed by atoms with Gasteiger partial charge >= 0.3 is 0 Å². The first-order chi connectivity index (χ1) is 5.38. The molecule has 0 amide bonds. The molecule has 60 valence electrons. The highest BCUT2D eigenvalue weighted by molar-refractivity contribution is 5.23. The molecular formula is C9H12O2. The molecule has 11 heavy (non-hydrogen) atoms. The summed E-state index contributed by atoms with van der Waals surface area (Å²) >= 11 is 0. The topological polar surface area (TPSA) is 18.5 Å². The number of hydrogen-bond acceptors (Lipinski definition) is 2. The Labute approximate surface area is 66.5 Å². The van der Waals surface area contributed by atoms with Crippen molar-refractivity contribution < 1.29 is 9.47 Å². The SMILES string of the molecule is CC1CC=CC2=C1OCCO2. The lowest BCUT2D eigenvalue weighted by Gasteiger charge is -2.26. The van der Waals surface area contributed by atoms with Gasteiger partial charge in [0.1, 0.15) is 19.0 Å². The fourth-order valence-corrected chi connectivity index (χ4v) is 1.45. The monoisotopic (exact) mass is 152 g/mol. The molecule has 2 heteroatoms. The van der Waals surface area contributed by atoms with Crippen molar-refractivity contribution in [2.45, 2.75) is 13.3 Å². The third-order valence-corrected chi connectivity index (χ3v) is 2.05. The molecule has 2 rings (SSSR count). The summed E-state index contributed by atoms with van der Waals surface area (Å²) in [7, 11) is 0. The van der Waals surface area contributed by atoms with Gasteiger partial charge in [-0.3, -0.25) is 0 Å². The van der Waals surface area contributed by atoms with Crippen LogP contribution in [0.15, 0.2) is 23.7 Å². The largest absolute Gasteiger partial charge is 0.490 e. The lowest BCUT2D eigenvalue weighted by Crippen LogP contribution is -2.19. The van der Waals surface area contributed by atoms with E-state index in [0.29, 0.717) is 19.1 Å². The smallest absolute Gasteiger partial charge is 0.157 e. The van der Waals surface area contributed by atoms with Crippen LogP contribution < -0.4 is 0 Å². The van der Waals surface area contributed by atoms with Gasteiger partial charge in [0, 0.05) is 5.92 Å². The van der Waals surface area contributed by atoms with E-state index in [-0.39, 0.29) is 0 Å². The fraction of sp³-hybridized carbons (Fsp3) is 0.556. The number of allylic oxidation sites excluding steroid dienone is 3. The van der Waals surface area contributed by atoms with Crippen LogP contribution in [0.2, 0.25) is 0 Å². The molecule has 1 unspecified atom stereocenters. The zero-order valence-corrected chi connectivity index (χ0v) is 6.67. The van der Waals surface area contributed by atoms with E-state index in [9.17, 15) is 0 Å². The first-order valence-electron chi connectivity index (χ1n) is 4.04. The first-order valence-corrected chi connectivity index (χ1v) is 4.04. The summed E-state index contributed by atoms with van der Waals surface area (Å²) in [5.41, 5.74) is 0. The van der Waals surface area contributed by atoms with Crippen molar-refractivity contribution in [2.24, 2.45) is 5.92 Å². The van der Waals surface area contributed by atoms with Crippen LogP contribution in [-0.4, -0.2) is 13.2 Å². The highest BCUT2D eigenvalue weighted by Crippen LogP contribution is 2.28. The van der Waals surface area contributed by atoms with Crippen LogP contribution >= 0.6 is 0 Å². The van der Waals surface area contributed by atoms with Crippen LogP contribution in [0.25, 0.3) is 0 Å². The van der Waals surface area contributed by atoms with Gasteiger partial charge in [0.25, 0.3) is 0 Å². The lowest BCUT2D eigenvalue weighted by molar-refractivity contribution is 0.0517. The van der Waals surface area contributed by atoms with Crippen molar-refractivity contribution in [3.05, 3.63) is 23.7 Å². The van der Waals surface area contributed by atoms with Gasteiger partial charge in [-0.25, -0.2) is 0 Å². The maximum atomic E-state index is 5.50. The molecule has 0 bridgehead atoms. The third-order valence-electron chi connectivity index (χ3n) is 2.05. The molecule has 0 fully saturated rings. The predicted octanol–water partition coefficient (Wildman–Crippen LogP) is 1.84. The second-order valence-electron chi connectivity index (χ2n) is 2.96. The van der Waals surface area contributed by atoms with Gasteiger partial charge in [0.15, 0.2) is 5.76 Å². The van der Waals surface area contributed by atoms with Gasteiger partial charge in [0.05, 0.1) is 0 Å². The summed E-state index contributed by atoms with van der Waals surface area (Å²) in [5.74, 6) is 2.48. The minimum atomic E-state index is 0.496. The predicted molar refractivity (Wildman–Crippen MR) is 41.9 cm³/mol. The van der Waals surface area contributed by atoms with Gasteiger partial charge in [-0.2, -0.15) is 0 Å². The molecule has 1 heterocycles. The summed E-state index contributed by atoms with van der Waals surface area (Å²) < 4.78 is 10.9. The van der Waals surface area contributed by atoms with Gasteiger partial charge < -0.3 is 9.47 Å². The van der Waals surface area contributed by atoms with Crippen molar-refractivity contribution in [1.82, 2.24) is 0 Å². The Morgan fingerprint density at radius 1 is 1.36 bits per heavy atom. The van der Waals surface area contributed by atoms with E-state index in [1.54, 1.807) is 0 Å². The average Bonchev–Trinajstić information content (AvgIpc) is 2.06. The number of hydrogen-bond donors (Lipinski definition) is 0. The highest BCUT2D eigenvalue weighted by atomic mass is 16.6. The number of rotatable bonds is 0. The van der Waals surface area contributed by atoms with Crippen molar-refractivity contribution in [3.8, 4) is 0 Å². The molecule has 1 aliphatic carbocycles. The molecule has 2 aliphatic rings. The quantitative estimate of drug-likeness (QED) is 0.527. The zero-order chi connectivity index (χ0) is 7.68. The summed E-state index contributed by atoms with van der Waals surface area (Å²) in [5, 5.41) is 0. The molecule has 0 aromatic rings. The molecule has 2 nitrogen and oxygen atoms in total. The Balaban J connectivity index is 2.27. The molecule has 0 N–H and O–H groups in total. The van der Waals surface area contributed by atoms with E-state index in [4.69, 9.17) is 9.47 Å². The third kappa shape index (κ3) is 1.13. The molecule has 1 aliphatic heterocycles. The van der Waals surface area contributed by atoms with E-state index < -0.39 is 0 Å². The summed E-state index contributed by atoms with van der Waals surface area (Å²) in [6.07, 6.45) is 5.22. The van der Waals surface area contributed by atoms with E-state index in [0.717, 1.165) is 17.9 Å². The average molecular weight is 152 g/mol. The number of ether oxygens (including phenoxy) is 2. The van der Waals surface area contributed by atoms with Crippen LogP contribution in [0.4, 0.5) is 0 Å². The van der Waals surface area contributed by atoms with Crippen LogP contribution in [-0.2, 0) is 9.47 Å². The Bertz CT molecular complexity index is 216. The summed E-state index contributed by atoms with van der Waals surface area (Å²) in [6.45, 7) is 3.56.